The second kappa shape index (κ2) is 10.3. The molecule has 1 aliphatic rings. The van der Waals surface area contributed by atoms with Gasteiger partial charge in [-0.25, -0.2) is 0 Å². The van der Waals surface area contributed by atoms with Gasteiger partial charge < -0.3 is 20.5 Å². The Morgan fingerprint density at radius 2 is 1.67 bits per heavy atom. The van der Waals surface area contributed by atoms with Crippen molar-refractivity contribution in [3.05, 3.63) is 65.2 Å². The molecule has 3 N–H and O–H groups in total. The van der Waals surface area contributed by atoms with Crippen LogP contribution in [0.15, 0.2) is 48.5 Å². The van der Waals surface area contributed by atoms with Crippen molar-refractivity contribution in [3.8, 4) is 5.75 Å². The zero-order valence-corrected chi connectivity index (χ0v) is 15.7. The number of rotatable bonds is 6. The topological polar surface area (TPSA) is 87.7 Å². The van der Waals surface area contributed by atoms with Crippen molar-refractivity contribution in [2.75, 3.05) is 13.7 Å². The van der Waals surface area contributed by atoms with E-state index in [0.29, 0.717) is 23.5 Å². The molecule has 2 aromatic rings. The van der Waals surface area contributed by atoms with E-state index in [2.05, 4.69) is 10.6 Å². The van der Waals surface area contributed by atoms with Crippen LogP contribution in [-0.2, 0) is 6.61 Å². The van der Waals surface area contributed by atoms with Crippen molar-refractivity contribution in [2.24, 2.45) is 0 Å². The minimum Gasteiger partial charge on any atom is -0.493 e. The van der Waals surface area contributed by atoms with Gasteiger partial charge in [0.05, 0.1) is 18.8 Å². The first-order valence-electron chi connectivity index (χ1n) is 9.04. The maximum atomic E-state index is 12.1. The molecule has 0 unspecified atom stereocenters. The first-order chi connectivity index (χ1) is 13.1. The lowest BCUT2D eigenvalue weighted by atomic mass is 10.0. The summed E-state index contributed by atoms with van der Waals surface area (Å²) in [6, 6.07) is 15.3. The molecule has 6 heteroatoms. The third kappa shape index (κ3) is 6.11. The van der Waals surface area contributed by atoms with Gasteiger partial charge >= 0.3 is 0 Å². The van der Waals surface area contributed by atoms with Gasteiger partial charge in [0.1, 0.15) is 5.75 Å². The Hall–Kier alpha value is -2.86. The van der Waals surface area contributed by atoms with Gasteiger partial charge in [0.2, 0.25) is 0 Å². The quantitative estimate of drug-likeness (QED) is 0.729. The number of carbonyl (C=O) groups excluding carboxylic acids is 2. The van der Waals surface area contributed by atoms with Gasteiger partial charge in [0.25, 0.3) is 11.8 Å². The van der Waals surface area contributed by atoms with E-state index in [1.54, 1.807) is 13.0 Å². The number of carbonyl (C=O) groups is 2. The van der Waals surface area contributed by atoms with Crippen LogP contribution < -0.4 is 15.4 Å². The lowest BCUT2D eigenvalue weighted by Gasteiger charge is -2.15. The maximum Gasteiger partial charge on any atom is 0.254 e. The van der Waals surface area contributed by atoms with E-state index in [1.807, 2.05) is 36.4 Å². The number of hydrogen-bond donors (Lipinski definition) is 3. The van der Waals surface area contributed by atoms with Gasteiger partial charge in [-0.1, -0.05) is 36.4 Å². The molecule has 0 aromatic heterocycles. The monoisotopic (exact) mass is 370 g/mol. The summed E-state index contributed by atoms with van der Waals surface area (Å²) in [5, 5.41) is 14.9. The number of amides is 2. The number of aliphatic hydroxyl groups excluding tert-OH is 1. The Kier molecular flexibility index (Phi) is 7.82. The minimum atomic E-state index is -0.353. The van der Waals surface area contributed by atoms with Crippen LogP contribution in [0.2, 0.25) is 0 Å². The van der Waals surface area contributed by atoms with Crippen molar-refractivity contribution in [1.29, 1.82) is 0 Å². The first kappa shape index (κ1) is 20.5. The zero-order valence-electron chi connectivity index (χ0n) is 15.7. The van der Waals surface area contributed by atoms with Crippen LogP contribution in [0, 0.1) is 0 Å². The molecule has 0 spiro atoms. The van der Waals surface area contributed by atoms with Crippen LogP contribution in [0.4, 0.5) is 0 Å². The molecule has 3 rings (SSSR count). The summed E-state index contributed by atoms with van der Waals surface area (Å²) >= 11 is 0. The highest BCUT2D eigenvalue weighted by Gasteiger charge is 2.25. The minimum absolute atomic E-state index is 0.227. The van der Waals surface area contributed by atoms with Crippen LogP contribution in [0.1, 0.15) is 46.0 Å². The summed E-state index contributed by atoms with van der Waals surface area (Å²) in [4.78, 5) is 24.1. The molecule has 2 aromatic carbocycles. The third-order valence-corrected chi connectivity index (χ3v) is 3.94. The molecular formula is C21H26N2O4. The van der Waals surface area contributed by atoms with Gasteiger partial charge in [-0.15, -0.1) is 0 Å². The lowest BCUT2D eigenvalue weighted by Crippen LogP contribution is -2.27. The molecule has 0 atom stereocenters. The van der Waals surface area contributed by atoms with E-state index in [1.165, 1.54) is 13.1 Å². The van der Waals surface area contributed by atoms with Gasteiger partial charge in [0, 0.05) is 24.2 Å². The molecule has 6 nitrogen and oxygen atoms in total. The van der Waals surface area contributed by atoms with E-state index in [9.17, 15) is 14.7 Å². The fourth-order valence-electron chi connectivity index (χ4n) is 2.44. The smallest absolute Gasteiger partial charge is 0.254 e. The second-order valence-electron chi connectivity index (χ2n) is 6.08. The predicted molar refractivity (Wildman–Crippen MR) is 104 cm³/mol. The fourth-order valence-corrected chi connectivity index (χ4v) is 2.44. The summed E-state index contributed by atoms with van der Waals surface area (Å²) < 4.78 is 5.46. The normalized spacial score (nSPS) is 12.4. The summed E-state index contributed by atoms with van der Waals surface area (Å²) in [6.07, 6.45) is 1.97. The average Bonchev–Trinajstić information content (AvgIpc) is 3.53. The Labute approximate surface area is 159 Å². The number of nitrogens with one attached hydrogen (secondary N) is 2. The van der Waals surface area contributed by atoms with Crippen LogP contribution in [-0.4, -0.2) is 36.6 Å². The summed E-state index contributed by atoms with van der Waals surface area (Å²) in [6.45, 7) is 1.86. The molecule has 27 heavy (non-hydrogen) atoms. The Morgan fingerprint density at radius 3 is 2.11 bits per heavy atom. The number of aliphatic hydroxyl groups is 1. The fraction of sp³-hybridized carbons (Fsp3) is 0.333. The molecule has 0 aliphatic heterocycles. The van der Waals surface area contributed by atoms with Crippen LogP contribution in [0.3, 0.4) is 0 Å². The molecule has 2 amide bonds. The lowest BCUT2D eigenvalue weighted by molar-refractivity contribution is 0.0951. The highest BCUT2D eigenvalue weighted by molar-refractivity contribution is 6.02. The molecular weight excluding hydrogens is 344 g/mol. The standard InChI is InChI=1S/C15H20N2O4.C6H6/c1-3-21-13-10(8-18)6-9(7-12(13)15(20)16-2)14(19)17-11-4-5-11;1-2-4-6-5-3-1/h6-7,11,18H,3-5,8H2,1-2H3,(H,16,20)(H,17,19);1-6H. The SMILES string of the molecule is CCOc1c(CO)cc(C(=O)NC2CC2)cc1C(=O)NC.c1ccccc1. The highest BCUT2D eigenvalue weighted by atomic mass is 16.5. The molecule has 1 saturated carbocycles. The highest BCUT2D eigenvalue weighted by Crippen LogP contribution is 2.27. The van der Waals surface area contributed by atoms with E-state index < -0.39 is 0 Å². The Bertz CT molecular complexity index is 732. The van der Waals surface area contributed by atoms with Crippen molar-refractivity contribution < 1.29 is 19.4 Å². The van der Waals surface area contributed by atoms with Crippen molar-refractivity contribution in [3.63, 3.8) is 0 Å². The van der Waals surface area contributed by atoms with Gasteiger partial charge in [0.15, 0.2) is 0 Å². The zero-order chi connectivity index (χ0) is 19.6. The molecule has 0 bridgehead atoms. The third-order valence-electron chi connectivity index (χ3n) is 3.94. The molecule has 144 valence electrons. The van der Waals surface area contributed by atoms with Crippen molar-refractivity contribution >= 4 is 11.8 Å². The largest absolute Gasteiger partial charge is 0.493 e. The summed E-state index contributed by atoms with van der Waals surface area (Å²) in [5.74, 6) is -0.267. The number of benzene rings is 2. The Balaban J connectivity index is 0.000000369. The number of ether oxygens (including phenoxy) is 1. The van der Waals surface area contributed by atoms with Crippen LogP contribution >= 0.6 is 0 Å². The van der Waals surface area contributed by atoms with E-state index >= 15 is 0 Å². The predicted octanol–water partition coefficient (Wildman–Crippen LogP) is 2.52. The van der Waals surface area contributed by atoms with Crippen molar-refractivity contribution in [1.82, 2.24) is 10.6 Å². The van der Waals surface area contributed by atoms with Crippen molar-refractivity contribution in [2.45, 2.75) is 32.4 Å². The molecule has 1 fully saturated rings. The first-order valence-corrected chi connectivity index (χ1v) is 9.04. The second-order valence-corrected chi connectivity index (χ2v) is 6.08. The van der Waals surface area contributed by atoms with Crippen LogP contribution in [0.25, 0.3) is 0 Å². The van der Waals surface area contributed by atoms with Crippen LogP contribution in [0.5, 0.6) is 5.75 Å². The van der Waals surface area contributed by atoms with Gasteiger partial charge in [-0.2, -0.15) is 0 Å². The maximum absolute atomic E-state index is 12.1. The average molecular weight is 370 g/mol. The molecule has 1 aliphatic carbocycles. The summed E-state index contributed by atoms with van der Waals surface area (Å²) in [5.41, 5.74) is 1.04. The van der Waals surface area contributed by atoms with E-state index in [4.69, 9.17) is 4.74 Å². The van der Waals surface area contributed by atoms with E-state index in [0.717, 1.165) is 12.8 Å². The number of hydrogen-bond acceptors (Lipinski definition) is 4. The molecule has 0 radical (unpaired) electrons. The van der Waals surface area contributed by atoms with E-state index in [-0.39, 0.29) is 30.0 Å². The summed E-state index contributed by atoms with van der Waals surface area (Å²) in [7, 11) is 1.51. The van der Waals surface area contributed by atoms with Gasteiger partial charge in [-0.05, 0) is 31.9 Å². The molecule has 0 saturated heterocycles. The Morgan fingerprint density at radius 1 is 1.07 bits per heavy atom. The van der Waals surface area contributed by atoms with Gasteiger partial charge in [-0.3, -0.25) is 9.59 Å². The molecule has 0 heterocycles.